The summed E-state index contributed by atoms with van der Waals surface area (Å²) in [6.45, 7) is 5.69. The lowest BCUT2D eigenvalue weighted by Gasteiger charge is -2.30. The Morgan fingerprint density at radius 1 is 1.24 bits per heavy atom. The maximum Gasteiger partial charge on any atom is 0.270 e. The molecule has 0 aliphatic carbocycles. The van der Waals surface area contributed by atoms with E-state index in [1.807, 2.05) is 31.0 Å². The molecule has 4 heterocycles. The predicted octanol–water partition coefficient (Wildman–Crippen LogP) is 2.37. The largest absolute Gasteiger partial charge is 0.337 e. The van der Waals surface area contributed by atoms with Gasteiger partial charge in [-0.2, -0.15) is 0 Å². The van der Waals surface area contributed by atoms with E-state index in [0.717, 1.165) is 31.5 Å². The van der Waals surface area contributed by atoms with Crippen molar-refractivity contribution in [2.24, 2.45) is 13.0 Å². The molecule has 0 aromatic carbocycles. The van der Waals surface area contributed by atoms with Gasteiger partial charge < -0.3 is 9.47 Å². The number of pyridine rings is 1. The highest BCUT2D eigenvalue weighted by Crippen LogP contribution is 2.21. The second-order valence-corrected chi connectivity index (χ2v) is 7.10. The lowest BCUT2D eigenvalue weighted by molar-refractivity contribution is 0.0688. The first kappa shape index (κ1) is 15.9. The van der Waals surface area contributed by atoms with Crippen molar-refractivity contribution in [3.05, 3.63) is 46.0 Å². The van der Waals surface area contributed by atoms with Crippen LogP contribution in [0.1, 0.15) is 35.8 Å². The van der Waals surface area contributed by atoms with Crippen molar-refractivity contribution >= 4 is 22.6 Å². The fourth-order valence-electron chi connectivity index (χ4n) is 3.61. The van der Waals surface area contributed by atoms with Crippen LogP contribution in [0.25, 0.3) is 16.7 Å². The number of aromatic nitrogens is 3. The zero-order valence-corrected chi connectivity index (χ0v) is 14.8. The first-order valence-corrected chi connectivity index (χ1v) is 8.74. The molecule has 25 heavy (non-hydrogen) atoms. The van der Waals surface area contributed by atoms with Crippen molar-refractivity contribution in [3.8, 4) is 0 Å². The summed E-state index contributed by atoms with van der Waals surface area (Å²) in [6.07, 6.45) is 3.77. The molecule has 1 aliphatic heterocycles. The van der Waals surface area contributed by atoms with E-state index in [1.165, 1.54) is 0 Å². The van der Waals surface area contributed by atoms with Crippen LogP contribution in [0.3, 0.4) is 0 Å². The van der Waals surface area contributed by atoms with Gasteiger partial charge in [-0.1, -0.05) is 13.0 Å². The SMILES string of the molecule is Cc1cccn2c(=O)c3cc(C(=O)N4CCC(C)CC4)n(C)c3nc12. The van der Waals surface area contributed by atoms with Crippen LogP contribution in [0.4, 0.5) is 0 Å². The van der Waals surface area contributed by atoms with Gasteiger partial charge in [0.25, 0.3) is 11.5 Å². The van der Waals surface area contributed by atoms with E-state index in [4.69, 9.17) is 0 Å². The molecule has 0 bridgehead atoms. The molecule has 0 saturated carbocycles. The molecule has 6 heteroatoms. The topological polar surface area (TPSA) is 59.6 Å². The average molecular weight is 338 g/mol. The van der Waals surface area contributed by atoms with Crippen molar-refractivity contribution in [2.75, 3.05) is 13.1 Å². The van der Waals surface area contributed by atoms with Crippen molar-refractivity contribution in [2.45, 2.75) is 26.7 Å². The first-order valence-electron chi connectivity index (χ1n) is 8.74. The quantitative estimate of drug-likeness (QED) is 0.684. The van der Waals surface area contributed by atoms with Crippen LogP contribution in [-0.2, 0) is 7.05 Å². The normalized spacial score (nSPS) is 16.0. The molecule has 0 spiro atoms. The number of likely N-dealkylation sites (tertiary alicyclic amines) is 1. The number of amides is 1. The van der Waals surface area contributed by atoms with E-state index < -0.39 is 0 Å². The minimum absolute atomic E-state index is 0.0161. The summed E-state index contributed by atoms with van der Waals surface area (Å²) in [5.74, 6) is 0.647. The molecule has 130 valence electrons. The summed E-state index contributed by atoms with van der Waals surface area (Å²) in [5.41, 5.74) is 2.52. The Morgan fingerprint density at radius 3 is 2.68 bits per heavy atom. The van der Waals surface area contributed by atoms with Gasteiger partial charge in [-0.15, -0.1) is 0 Å². The van der Waals surface area contributed by atoms with Gasteiger partial charge in [0.05, 0.1) is 5.39 Å². The first-order chi connectivity index (χ1) is 12.0. The van der Waals surface area contributed by atoms with Gasteiger partial charge in [-0.3, -0.25) is 14.0 Å². The Bertz CT molecular complexity index is 1040. The summed E-state index contributed by atoms with van der Waals surface area (Å²) in [4.78, 5) is 32.3. The number of nitrogens with zero attached hydrogens (tertiary/aromatic N) is 4. The van der Waals surface area contributed by atoms with Gasteiger partial charge in [0, 0.05) is 26.3 Å². The monoisotopic (exact) mass is 338 g/mol. The number of carbonyl (C=O) groups is 1. The Morgan fingerprint density at radius 2 is 1.96 bits per heavy atom. The van der Waals surface area contributed by atoms with Crippen LogP contribution in [0.2, 0.25) is 0 Å². The molecule has 1 aliphatic rings. The molecule has 4 rings (SSSR count). The second kappa shape index (κ2) is 5.72. The summed E-state index contributed by atoms with van der Waals surface area (Å²) in [6, 6.07) is 5.46. The molecule has 1 amide bonds. The predicted molar refractivity (Wildman–Crippen MR) is 97.0 cm³/mol. The highest BCUT2D eigenvalue weighted by molar-refractivity contribution is 5.98. The minimum atomic E-state index is -0.134. The summed E-state index contributed by atoms with van der Waals surface area (Å²) < 4.78 is 3.30. The van der Waals surface area contributed by atoms with Crippen LogP contribution in [-0.4, -0.2) is 37.8 Å². The molecule has 0 N–H and O–H groups in total. The van der Waals surface area contributed by atoms with Crippen LogP contribution in [0.5, 0.6) is 0 Å². The molecule has 3 aromatic heterocycles. The number of fused-ring (bicyclic) bond motifs is 2. The second-order valence-electron chi connectivity index (χ2n) is 7.10. The Hall–Kier alpha value is -2.63. The van der Waals surface area contributed by atoms with E-state index in [9.17, 15) is 9.59 Å². The molecular formula is C19H22N4O2. The fourth-order valence-corrected chi connectivity index (χ4v) is 3.61. The van der Waals surface area contributed by atoms with Crippen molar-refractivity contribution in [1.29, 1.82) is 0 Å². The zero-order chi connectivity index (χ0) is 17.7. The summed E-state index contributed by atoms with van der Waals surface area (Å²) >= 11 is 0. The highest BCUT2D eigenvalue weighted by atomic mass is 16.2. The molecule has 1 fully saturated rings. The Kier molecular flexibility index (Phi) is 3.63. The van der Waals surface area contributed by atoms with Gasteiger partial charge in [-0.25, -0.2) is 4.98 Å². The van der Waals surface area contributed by atoms with Crippen molar-refractivity contribution in [3.63, 3.8) is 0 Å². The highest BCUT2D eigenvalue weighted by Gasteiger charge is 2.25. The number of hydrogen-bond acceptors (Lipinski definition) is 3. The molecular weight excluding hydrogens is 316 g/mol. The number of rotatable bonds is 1. The van der Waals surface area contributed by atoms with E-state index in [-0.39, 0.29) is 11.5 Å². The number of piperidine rings is 1. The number of aryl methyl sites for hydroxylation is 2. The Labute approximate surface area is 145 Å². The molecule has 0 radical (unpaired) electrons. The minimum Gasteiger partial charge on any atom is -0.337 e. The van der Waals surface area contributed by atoms with Crippen LogP contribution >= 0.6 is 0 Å². The van der Waals surface area contributed by atoms with E-state index in [0.29, 0.717) is 28.3 Å². The van der Waals surface area contributed by atoms with Crippen molar-refractivity contribution < 1.29 is 4.79 Å². The smallest absolute Gasteiger partial charge is 0.270 e. The van der Waals surface area contributed by atoms with E-state index in [2.05, 4.69) is 11.9 Å². The Balaban J connectivity index is 1.86. The van der Waals surface area contributed by atoms with Crippen LogP contribution in [0, 0.1) is 12.8 Å². The molecule has 0 atom stereocenters. The van der Waals surface area contributed by atoms with Gasteiger partial charge in [0.2, 0.25) is 0 Å². The maximum atomic E-state index is 12.9. The number of hydrogen-bond donors (Lipinski definition) is 0. The molecule has 0 unspecified atom stereocenters. The van der Waals surface area contributed by atoms with E-state index in [1.54, 1.807) is 21.2 Å². The van der Waals surface area contributed by atoms with Gasteiger partial charge in [0.1, 0.15) is 17.0 Å². The summed E-state index contributed by atoms with van der Waals surface area (Å²) in [5, 5.41) is 0.485. The standard InChI is InChI=1S/C19H22N4O2/c1-12-6-9-22(10-7-12)19(25)15-11-14-17(21(15)3)20-16-13(2)5-4-8-23(16)18(14)24/h4-5,8,11-12H,6-7,9-10H2,1-3H3. The lowest BCUT2D eigenvalue weighted by atomic mass is 9.99. The zero-order valence-electron chi connectivity index (χ0n) is 14.8. The van der Waals surface area contributed by atoms with Gasteiger partial charge in [0.15, 0.2) is 0 Å². The van der Waals surface area contributed by atoms with Crippen molar-refractivity contribution in [1.82, 2.24) is 18.9 Å². The van der Waals surface area contributed by atoms with Crippen LogP contribution < -0.4 is 5.56 Å². The van der Waals surface area contributed by atoms with E-state index >= 15 is 0 Å². The lowest BCUT2D eigenvalue weighted by Crippen LogP contribution is -2.38. The summed E-state index contributed by atoms with van der Waals surface area (Å²) in [7, 11) is 1.81. The maximum absolute atomic E-state index is 12.9. The third-order valence-electron chi connectivity index (χ3n) is 5.31. The molecule has 1 saturated heterocycles. The average Bonchev–Trinajstić information content (AvgIpc) is 2.94. The molecule has 6 nitrogen and oxygen atoms in total. The fraction of sp³-hybridized carbons (Fsp3) is 0.421. The van der Waals surface area contributed by atoms with Crippen LogP contribution in [0.15, 0.2) is 29.2 Å². The third-order valence-corrected chi connectivity index (χ3v) is 5.31. The van der Waals surface area contributed by atoms with Gasteiger partial charge in [-0.05, 0) is 43.4 Å². The molecule has 3 aromatic rings. The van der Waals surface area contributed by atoms with Gasteiger partial charge >= 0.3 is 0 Å². The third kappa shape index (κ3) is 2.44. The number of carbonyl (C=O) groups excluding carboxylic acids is 1.